The van der Waals surface area contributed by atoms with E-state index in [0.717, 1.165) is 18.1 Å². The molecule has 3 rings (SSSR count). The Kier molecular flexibility index (Phi) is 2.06. The number of halogens is 1. The van der Waals surface area contributed by atoms with Crippen molar-refractivity contribution in [1.82, 2.24) is 4.57 Å². The third kappa shape index (κ3) is 1.38. The van der Waals surface area contributed by atoms with Gasteiger partial charge in [0.1, 0.15) is 5.15 Å². The van der Waals surface area contributed by atoms with Gasteiger partial charge < -0.3 is 4.57 Å². The van der Waals surface area contributed by atoms with Crippen molar-refractivity contribution >= 4 is 11.6 Å². The quantitative estimate of drug-likeness (QED) is 0.686. The van der Waals surface area contributed by atoms with E-state index in [2.05, 4.69) is 34.9 Å². The van der Waals surface area contributed by atoms with Crippen molar-refractivity contribution in [2.24, 2.45) is 0 Å². The summed E-state index contributed by atoms with van der Waals surface area (Å²) >= 11 is 6.20. The van der Waals surface area contributed by atoms with Crippen LogP contribution in [-0.2, 0) is 13.0 Å². The van der Waals surface area contributed by atoms with Crippen molar-refractivity contribution in [3.8, 4) is 11.1 Å². The molecule has 1 aliphatic rings. The molecule has 0 atom stereocenters. The molecule has 2 aromatic rings. The Hall–Kier alpha value is -1.21. The van der Waals surface area contributed by atoms with E-state index in [1.807, 2.05) is 6.07 Å². The third-order valence-electron chi connectivity index (χ3n) is 3.04. The fourth-order valence-corrected chi connectivity index (χ4v) is 2.63. The van der Waals surface area contributed by atoms with Crippen molar-refractivity contribution < 1.29 is 0 Å². The van der Waals surface area contributed by atoms with Gasteiger partial charge >= 0.3 is 0 Å². The maximum atomic E-state index is 6.20. The van der Waals surface area contributed by atoms with Crippen LogP contribution in [0.2, 0.25) is 5.15 Å². The van der Waals surface area contributed by atoms with Crippen molar-refractivity contribution in [3.63, 3.8) is 0 Å². The van der Waals surface area contributed by atoms with E-state index in [4.69, 9.17) is 11.6 Å². The molecule has 0 amide bonds. The standard InChI is InChI=1S/C13H12ClN/c14-13-9-11(10-5-2-1-3-6-10)12-7-4-8-15(12)13/h1-3,5-6,9H,4,7-8H2. The average Bonchev–Trinajstić information content (AvgIpc) is 2.84. The van der Waals surface area contributed by atoms with Gasteiger partial charge in [0.2, 0.25) is 0 Å². The van der Waals surface area contributed by atoms with Gasteiger partial charge in [-0.25, -0.2) is 0 Å². The number of hydrogen-bond acceptors (Lipinski definition) is 0. The van der Waals surface area contributed by atoms with E-state index in [1.165, 1.54) is 23.2 Å². The fraction of sp³-hybridized carbons (Fsp3) is 0.231. The first-order valence-corrected chi connectivity index (χ1v) is 5.67. The van der Waals surface area contributed by atoms with E-state index in [1.54, 1.807) is 0 Å². The summed E-state index contributed by atoms with van der Waals surface area (Å²) in [6, 6.07) is 12.6. The van der Waals surface area contributed by atoms with Crippen LogP contribution in [-0.4, -0.2) is 4.57 Å². The number of aromatic nitrogens is 1. The Morgan fingerprint density at radius 2 is 1.93 bits per heavy atom. The molecule has 1 nitrogen and oxygen atoms in total. The second-order valence-corrected chi connectivity index (χ2v) is 4.34. The summed E-state index contributed by atoms with van der Waals surface area (Å²) in [7, 11) is 0. The highest BCUT2D eigenvalue weighted by Gasteiger charge is 2.19. The lowest BCUT2D eigenvalue weighted by molar-refractivity contribution is 0.751. The molecule has 0 unspecified atom stereocenters. The van der Waals surface area contributed by atoms with Crippen LogP contribution in [0.1, 0.15) is 12.1 Å². The molecule has 0 aliphatic carbocycles. The summed E-state index contributed by atoms with van der Waals surface area (Å²) in [5, 5.41) is 0.876. The molecule has 2 heterocycles. The predicted octanol–water partition coefficient (Wildman–Crippen LogP) is 3.75. The zero-order valence-corrected chi connectivity index (χ0v) is 9.17. The monoisotopic (exact) mass is 217 g/mol. The summed E-state index contributed by atoms with van der Waals surface area (Å²) in [4.78, 5) is 0. The minimum Gasteiger partial charge on any atom is -0.335 e. The predicted molar refractivity (Wildman–Crippen MR) is 63.2 cm³/mol. The van der Waals surface area contributed by atoms with Gasteiger partial charge in [-0.15, -0.1) is 0 Å². The molecule has 0 spiro atoms. The normalized spacial score (nSPS) is 14.2. The molecule has 0 bridgehead atoms. The molecule has 1 aliphatic heterocycles. The zero-order chi connectivity index (χ0) is 10.3. The van der Waals surface area contributed by atoms with E-state index in [-0.39, 0.29) is 0 Å². The van der Waals surface area contributed by atoms with Crippen LogP contribution in [0.5, 0.6) is 0 Å². The van der Waals surface area contributed by atoms with E-state index < -0.39 is 0 Å². The van der Waals surface area contributed by atoms with Gasteiger partial charge in [-0.1, -0.05) is 41.9 Å². The first-order valence-electron chi connectivity index (χ1n) is 5.29. The van der Waals surface area contributed by atoms with Crippen LogP contribution in [0, 0.1) is 0 Å². The smallest absolute Gasteiger partial charge is 0.109 e. The lowest BCUT2D eigenvalue weighted by Gasteiger charge is -2.01. The highest BCUT2D eigenvalue weighted by Crippen LogP contribution is 2.34. The second-order valence-electron chi connectivity index (χ2n) is 3.95. The first-order chi connectivity index (χ1) is 7.36. The van der Waals surface area contributed by atoms with Gasteiger partial charge in [0, 0.05) is 17.8 Å². The minimum absolute atomic E-state index is 0.876. The number of fused-ring (bicyclic) bond motifs is 1. The number of hydrogen-bond donors (Lipinski definition) is 0. The lowest BCUT2D eigenvalue weighted by Crippen LogP contribution is -1.90. The molecule has 0 fully saturated rings. The van der Waals surface area contributed by atoms with E-state index in [0.29, 0.717) is 0 Å². The summed E-state index contributed by atoms with van der Waals surface area (Å²) < 4.78 is 2.23. The molecule has 0 radical (unpaired) electrons. The number of rotatable bonds is 1. The molecular weight excluding hydrogens is 206 g/mol. The van der Waals surface area contributed by atoms with Gasteiger partial charge in [-0.05, 0) is 24.5 Å². The molecule has 2 heteroatoms. The number of benzene rings is 1. The molecule has 1 aromatic heterocycles. The van der Waals surface area contributed by atoms with Gasteiger partial charge in [-0.2, -0.15) is 0 Å². The second kappa shape index (κ2) is 3.42. The Morgan fingerprint density at radius 1 is 1.13 bits per heavy atom. The summed E-state index contributed by atoms with van der Waals surface area (Å²) in [5.41, 5.74) is 3.97. The number of nitrogens with zero attached hydrogens (tertiary/aromatic N) is 1. The molecule has 0 saturated heterocycles. The van der Waals surface area contributed by atoms with Crippen molar-refractivity contribution in [2.45, 2.75) is 19.4 Å². The van der Waals surface area contributed by atoms with Crippen LogP contribution >= 0.6 is 11.6 Å². The van der Waals surface area contributed by atoms with Crippen molar-refractivity contribution in [1.29, 1.82) is 0 Å². The van der Waals surface area contributed by atoms with Gasteiger partial charge in [0.05, 0.1) is 0 Å². The zero-order valence-electron chi connectivity index (χ0n) is 8.41. The fourth-order valence-electron chi connectivity index (χ4n) is 2.34. The Labute approximate surface area is 94.3 Å². The van der Waals surface area contributed by atoms with Gasteiger partial charge in [0.15, 0.2) is 0 Å². The Bertz CT molecular complexity index is 485. The largest absolute Gasteiger partial charge is 0.335 e. The highest BCUT2D eigenvalue weighted by molar-refractivity contribution is 6.30. The average molecular weight is 218 g/mol. The first kappa shape index (κ1) is 9.05. The minimum atomic E-state index is 0.876. The van der Waals surface area contributed by atoms with Gasteiger partial charge in [-0.3, -0.25) is 0 Å². The molecule has 76 valence electrons. The molecule has 15 heavy (non-hydrogen) atoms. The lowest BCUT2D eigenvalue weighted by atomic mass is 10.1. The van der Waals surface area contributed by atoms with Crippen LogP contribution in [0.3, 0.4) is 0 Å². The van der Waals surface area contributed by atoms with Gasteiger partial charge in [0.25, 0.3) is 0 Å². The molecule has 0 N–H and O–H groups in total. The topological polar surface area (TPSA) is 4.93 Å². The van der Waals surface area contributed by atoms with E-state index in [9.17, 15) is 0 Å². The highest BCUT2D eigenvalue weighted by atomic mass is 35.5. The molecule has 0 saturated carbocycles. The van der Waals surface area contributed by atoms with Crippen LogP contribution in [0.15, 0.2) is 36.4 Å². The third-order valence-corrected chi connectivity index (χ3v) is 3.35. The van der Waals surface area contributed by atoms with Crippen LogP contribution < -0.4 is 0 Å². The SMILES string of the molecule is Clc1cc(-c2ccccc2)c2n1CCC2. The maximum absolute atomic E-state index is 6.20. The summed E-state index contributed by atoms with van der Waals surface area (Å²) in [6.45, 7) is 1.07. The Balaban J connectivity index is 2.18. The maximum Gasteiger partial charge on any atom is 0.109 e. The van der Waals surface area contributed by atoms with E-state index >= 15 is 0 Å². The molecular formula is C13H12ClN. The Morgan fingerprint density at radius 3 is 2.73 bits per heavy atom. The van der Waals surface area contributed by atoms with Crippen molar-refractivity contribution in [2.75, 3.05) is 0 Å². The van der Waals surface area contributed by atoms with Crippen LogP contribution in [0.4, 0.5) is 0 Å². The van der Waals surface area contributed by atoms with Crippen LogP contribution in [0.25, 0.3) is 11.1 Å². The van der Waals surface area contributed by atoms with Crippen molar-refractivity contribution in [3.05, 3.63) is 47.2 Å². The summed E-state index contributed by atoms with van der Waals surface area (Å²) in [6.07, 6.45) is 2.37. The summed E-state index contributed by atoms with van der Waals surface area (Å²) in [5.74, 6) is 0. The molecule has 1 aromatic carbocycles.